The van der Waals surface area contributed by atoms with Gasteiger partial charge in [0.15, 0.2) is 5.78 Å². The fourth-order valence-corrected chi connectivity index (χ4v) is 4.39. The second-order valence-electron chi connectivity index (χ2n) is 7.83. The number of carbonyl (C=O) groups excluding carboxylic acids is 1. The molecule has 2 aromatic carbocycles. The quantitative estimate of drug-likeness (QED) is 0.391. The standard InChI is InChI=1S/C25H25N3O3/c1-4-23(29)24(21-11-7-8-12-22(21)28(30)31)19-15-16-27(26(2)3)25-18-10-6-5-9-17(18)13-14-20(19)25/h5-12,15-16H,4,13-14H2,1-3H3. The maximum absolute atomic E-state index is 13.2. The van der Waals surface area contributed by atoms with Gasteiger partial charge in [-0.2, -0.15) is 0 Å². The lowest BCUT2D eigenvalue weighted by atomic mass is 9.80. The maximum Gasteiger partial charge on any atom is 0.277 e. The van der Waals surface area contributed by atoms with Gasteiger partial charge in [0.25, 0.3) is 5.69 Å². The summed E-state index contributed by atoms with van der Waals surface area (Å²) in [6, 6.07) is 14.8. The van der Waals surface area contributed by atoms with Crippen molar-refractivity contribution in [1.82, 2.24) is 10.0 Å². The first-order valence-corrected chi connectivity index (χ1v) is 10.4. The minimum Gasteiger partial charge on any atom is -0.294 e. The van der Waals surface area contributed by atoms with E-state index in [0.29, 0.717) is 11.1 Å². The summed E-state index contributed by atoms with van der Waals surface area (Å²) in [6.07, 6.45) is 5.76. The number of para-hydroxylation sites is 1. The lowest BCUT2D eigenvalue weighted by Gasteiger charge is -2.38. The summed E-state index contributed by atoms with van der Waals surface area (Å²) < 4.78 is 0. The second-order valence-corrected chi connectivity index (χ2v) is 7.83. The first kappa shape index (κ1) is 20.8. The Morgan fingerprint density at radius 3 is 2.52 bits per heavy atom. The Morgan fingerprint density at radius 1 is 1.10 bits per heavy atom. The van der Waals surface area contributed by atoms with Gasteiger partial charge >= 0.3 is 0 Å². The van der Waals surface area contributed by atoms with Crippen LogP contribution in [0.2, 0.25) is 0 Å². The van der Waals surface area contributed by atoms with Gasteiger partial charge in [-0.25, -0.2) is 5.01 Å². The number of fused-ring (bicyclic) bond motifs is 2. The van der Waals surface area contributed by atoms with Crippen molar-refractivity contribution in [2.24, 2.45) is 0 Å². The number of allylic oxidation sites excluding steroid dienone is 4. The largest absolute Gasteiger partial charge is 0.294 e. The van der Waals surface area contributed by atoms with Crippen molar-refractivity contribution < 1.29 is 9.72 Å². The summed E-state index contributed by atoms with van der Waals surface area (Å²) in [4.78, 5) is 24.5. The number of nitro benzene ring substituents is 1. The van der Waals surface area contributed by atoms with Crippen LogP contribution in [-0.4, -0.2) is 34.8 Å². The first-order chi connectivity index (χ1) is 14.9. The van der Waals surface area contributed by atoms with E-state index in [1.54, 1.807) is 25.1 Å². The molecule has 6 heteroatoms. The predicted molar refractivity (Wildman–Crippen MR) is 122 cm³/mol. The molecule has 0 fully saturated rings. The van der Waals surface area contributed by atoms with Crippen LogP contribution in [0.15, 0.2) is 72.0 Å². The summed E-state index contributed by atoms with van der Waals surface area (Å²) >= 11 is 0. The van der Waals surface area contributed by atoms with Crippen LogP contribution in [0.3, 0.4) is 0 Å². The van der Waals surface area contributed by atoms with E-state index >= 15 is 0 Å². The molecule has 1 heterocycles. The van der Waals surface area contributed by atoms with Gasteiger partial charge in [-0.05, 0) is 41.7 Å². The molecule has 0 saturated heterocycles. The Hall–Kier alpha value is -3.51. The van der Waals surface area contributed by atoms with Gasteiger partial charge < -0.3 is 0 Å². The van der Waals surface area contributed by atoms with Crippen molar-refractivity contribution >= 4 is 22.7 Å². The van der Waals surface area contributed by atoms with Gasteiger partial charge in [0, 0.05) is 43.9 Å². The van der Waals surface area contributed by atoms with Gasteiger partial charge in [-0.3, -0.25) is 19.9 Å². The molecule has 0 radical (unpaired) electrons. The number of hydrogen-bond donors (Lipinski definition) is 0. The minimum atomic E-state index is -0.414. The fourth-order valence-electron chi connectivity index (χ4n) is 4.39. The average Bonchev–Trinajstić information content (AvgIpc) is 2.78. The van der Waals surface area contributed by atoms with E-state index in [2.05, 4.69) is 17.1 Å². The van der Waals surface area contributed by atoms with Crippen molar-refractivity contribution in [2.75, 3.05) is 14.1 Å². The fraction of sp³-hybridized carbons (Fsp3) is 0.240. The zero-order valence-corrected chi connectivity index (χ0v) is 18.0. The summed E-state index contributed by atoms with van der Waals surface area (Å²) in [6.45, 7) is 1.79. The number of carbonyl (C=O) groups is 1. The molecule has 2 aromatic rings. The molecule has 0 bridgehead atoms. The maximum atomic E-state index is 13.2. The molecule has 6 nitrogen and oxygen atoms in total. The van der Waals surface area contributed by atoms with Gasteiger partial charge in [0.05, 0.1) is 16.2 Å². The Labute approximate surface area is 181 Å². The molecule has 1 aliphatic carbocycles. The van der Waals surface area contributed by atoms with E-state index in [9.17, 15) is 14.9 Å². The molecular weight excluding hydrogens is 390 g/mol. The van der Waals surface area contributed by atoms with Crippen LogP contribution in [0.1, 0.15) is 36.5 Å². The van der Waals surface area contributed by atoms with E-state index in [4.69, 9.17) is 0 Å². The highest BCUT2D eigenvalue weighted by Crippen LogP contribution is 2.44. The Kier molecular flexibility index (Phi) is 5.57. The van der Waals surface area contributed by atoms with Crippen molar-refractivity contribution in [3.8, 4) is 0 Å². The number of aryl methyl sites for hydroxylation is 1. The second kappa shape index (κ2) is 8.32. The number of nitrogens with zero attached hydrogens (tertiary/aromatic N) is 3. The van der Waals surface area contributed by atoms with Gasteiger partial charge in [0.1, 0.15) is 0 Å². The molecule has 158 valence electrons. The Bertz CT molecular complexity index is 1160. The highest BCUT2D eigenvalue weighted by atomic mass is 16.6. The van der Waals surface area contributed by atoms with Crippen LogP contribution in [0.5, 0.6) is 0 Å². The molecule has 1 aliphatic heterocycles. The SMILES string of the molecule is CCC(=O)C(=C1C=CN(N(C)C)C2=C1CCc1ccccc12)c1ccccc1[N+](=O)[O-]. The highest BCUT2D eigenvalue weighted by Gasteiger charge is 2.32. The predicted octanol–water partition coefficient (Wildman–Crippen LogP) is 4.99. The van der Waals surface area contributed by atoms with Crippen LogP contribution in [0.4, 0.5) is 5.69 Å². The molecule has 0 amide bonds. The molecular formula is C25H25N3O3. The summed E-state index contributed by atoms with van der Waals surface area (Å²) in [5, 5.41) is 15.8. The Balaban J connectivity index is 2.05. The number of ketones is 1. The number of hydrazine groups is 1. The summed E-state index contributed by atoms with van der Waals surface area (Å²) in [7, 11) is 3.95. The van der Waals surface area contributed by atoms with Gasteiger partial charge in [0.2, 0.25) is 0 Å². The molecule has 0 atom stereocenters. The number of nitro groups is 1. The van der Waals surface area contributed by atoms with Gasteiger partial charge in [-0.15, -0.1) is 0 Å². The molecule has 31 heavy (non-hydrogen) atoms. The molecule has 2 aliphatic rings. The number of rotatable bonds is 5. The number of Topliss-reactive ketones (excluding diaryl/α,β-unsaturated/α-hetero) is 1. The van der Waals surface area contributed by atoms with E-state index < -0.39 is 4.92 Å². The van der Waals surface area contributed by atoms with Crippen molar-refractivity contribution in [3.05, 3.63) is 98.8 Å². The zero-order chi connectivity index (χ0) is 22.1. The lowest BCUT2D eigenvalue weighted by molar-refractivity contribution is -0.385. The number of benzene rings is 2. The van der Waals surface area contributed by atoms with E-state index in [0.717, 1.165) is 35.2 Å². The normalized spacial score (nSPS) is 16.8. The molecule has 0 spiro atoms. The smallest absolute Gasteiger partial charge is 0.277 e. The zero-order valence-electron chi connectivity index (χ0n) is 18.0. The molecule has 0 unspecified atom stereocenters. The van der Waals surface area contributed by atoms with E-state index in [1.807, 2.05) is 43.5 Å². The van der Waals surface area contributed by atoms with Crippen LogP contribution < -0.4 is 0 Å². The van der Waals surface area contributed by atoms with E-state index in [1.165, 1.54) is 11.6 Å². The third-order valence-electron chi connectivity index (χ3n) is 5.81. The van der Waals surface area contributed by atoms with Crippen molar-refractivity contribution in [2.45, 2.75) is 26.2 Å². The summed E-state index contributed by atoms with van der Waals surface area (Å²) in [5.41, 5.74) is 6.01. The molecule has 0 N–H and O–H groups in total. The lowest BCUT2D eigenvalue weighted by Crippen LogP contribution is -2.35. The summed E-state index contributed by atoms with van der Waals surface area (Å²) in [5.74, 6) is -0.0991. The highest BCUT2D eigenvalue weighted by molar-refractivity contribution is 6.24. The Morgan fingerprint density at radius 2 is 1.81 bits per heavy atom. The minimum absolute atomic E-state index is 0.0476. The topological polar surface area (TPSA) is 66.7 Å². The van der Waals surface area contributed by atoms with Crippen LogP contribution in [-0.2, 0) is 11.2 Å². The van der Waals surface area contributed by atoms with Crippen molar-refractivity contribution in [3.63, 3.8) is 0 Å². The van der Waals surface area contributed by atoms with E-state index in [-0.39, 0.29) is 17.9 Å². The van der Waals surface area contributed by atoms with Crippen LogP contribution >= 0.6 is 0 Å². The average molecular weight is 415 g/mol. The third kappa shape index (κ3) is 3.59. The van der Waals surface area contributed by atoms with Crippen LogP contribution in [0, 0.1) is 10.1 Å². The van der Waals surface area contributed by atoms with Gasteiger partial charge in [-0.1, -0.05) is 43.3 Å². The monoisotopic (exact) mass is 415 g/mol. The van der Waals surface area contributed by atoms with Crippen molar-refractivity contribution in [1.29, 1.82) is 0 Å². The molecule has 0 saturated carbocycles. The molecule has 4 rings (SSSR count). The molecule has 0 aromatic heterocycles. The third-order valence-corrected chi connectivity index (χ3v) is 5.81. The first-order valence-electron chi connectivity index (χ1n) is 10.4. The van der Waals surface area contributed by atoms with Crippen LogP contribution in [0.25, 0.3) is 11.3 Å². The number of hydrogen-bond acceptors (Lipinski definition) is 5.